The Morgan fingerprint density at radius 3 is 2.71 bits per heavy atom. The summed E-state index contributed by atoms with van der Waals surface area (Å²) in [5.74, 6) is 0.772. The molecule has 6 heteroatoms. The fourth-order valence-electron chi connectivity index (χ4n) is 3.56. The van der Waals surface area contributed by atoms with Gasteiger partial charge in [-0.1, -0.05) is 54.7 Å². The van der Waals surface area contributed by atoms with E-state index in [0.29, 0.717) is 11.8 Å². The Hall–Kier alpha value is 0.840. The van der Waals surface area contributed by atoms with Gasteiger partial charge in [0.2, 0.25) is 0 Å². The van der Waals surface area contributed by atoms with Gasteiger partial charge in [-0.05, 0) is 24.3 Å². The highest BCUT2D eigenvalue weighted by molar-refractivity contribution is 9.11. The lowest BCUT2D eigenvalue weighted by molar-refractivity contribution is -0.0869. The normalized spacial score (nSPS) is 50.0. The number of aliphatic hydroxyl groups excluding tert-OH is 1. The lowest BCUT2D eigenvalue weighted by Crippen LogP contribution is -2.46. The molecule has 118 valence electrons. The summed E-state index contributed by atoms with van der Waals surface area (Å²) in [6.45, 7) is 2.12. The van der Waals surface area contributed by atoms with E-state index in [4.69, 9.17) is 9.47 Å². The van der Waals surface area contributed by atoms with Gasteiger partial charge in [0.25, 0.3) is 0 Å². The van der Waals surface area contributed by atoms with Crippen LogP contribution in [-0.4, -0.2) is 45.3 Å². The van der Waals surface area contributed by atoms with Crippen molar-refractivity contribution in [3.8, 4) is 0 Å². The van der Waals surface area contributed by atoms with Gasteiger partial charge in [0.05, 0.1) is 35.3 Å². The van der Waals surface area contributed by atoms with Crippen molar-refractivity contribution < 1.29 is 14.6 Å². The maximum Gasteiger partial charge on any atom is 0.0996 e. The van der Waals surface area contributed by atoms with Crippen LogP contribution in [0.5, 0.6) is 0 Å². The summed E-state index contributed by atoms with van der Waals surface area (Å²) in [5, 5.41) is 10.6. The number of halogens is 3. The molecule has 9 atom stereocenters. The van der Waals surface area contributed by atoms with Crippen LogP contribution in [0.1, 0.15) is 19.8 Å². The highest BCUT2D eigenvalue weighted by atomic mass is 79.9. The van der Waals surface area contributed by atoms with E-state index in [1.54, 1.807) is 4.99 Å². The third-order valence-corrected chi connectivity index (χ3v) is 6.53. The first-order valence-electron chi connectivity index (χ1n) is 7.31. The van der Waals surface area contributed by atoms with Crippen molar-refractivity contribution in [3.63, 3.8) is 0 Å². The van der Waals surface area contributed by atoms with Gasteiger partial charge < -0.3 is 14.6 Å². The standard InChI is InChI=1S/C15H19Br3O3/c1-7(17)14-10-6-9(10)13(19)12(18)15-11(21-14)5-8(20-15)3-2-4-16/h3-4,7-15,19H,5-6H2,1H3/t2?,7-,8?,9-,10+,11+,12-,13-,14-,15-/m0/s1. The van der Waals surface area contributed by atoms with Crippen LogP contribution in [0, 0.1) is 11.8 Å². The van der Waals surface area contributed by atoms with Crippen molar-refractivity contribution in [1.29, 1.82) is 0 Å². The molecule has 3 rings (SSSR count). The number of hydrogen-bond acceptors (Lipinski definition) is 3. The summed E-state index contributed by atoms with van der Waals surface area (Å²) < 4.78 is 12.5. The second-order valence-corrected chi connectivity index (χ2v) is 9.09. The molecule has 2 heterocycles. The Kier molecular flexibility index (Phi) is 5.37. The minimum atomic E-state index is -0.366. The van der Waals surface area contributed by atoms with Gasteiger partial charge in [-0.2, -0.15) is 0 Å². The first kappa shape index (κ1) is 16.7. The van der Waals surface area contributed by atoms with Crippen molar-refractivity contribution in [2.45, 2.75) is 59.9 Å². The maximum atomic E-state index is 10.6. The molecular weight excluding hydrogens is 468 g/mol. The average Bonchev–Trinajstić information content (AvgIpc) is 3.13. The predicted molar refractivity (Wildman–Crippen MR) is 92.2 cm³/mol. The van der Waals surface area contributed by atoms with Gasteiger partial charge >= 0.3 is 0 Å². The zero-order chi connectivity index (χ0) is 15.1. The van der Waals surface area contributed by atoms with E-state index in [0.717, 1.165) is 12.8 Å². The largest absolute Gasteiger partial charge is 0.392 e. The van der Waals surface area contributed by atoms with Crippen molar-refractivity contribution in [2.75, 3.05) is 0 Å². The number of fused-ring (bicyclic) bond motifs is 2. The van der Waals surface area contributed by atoms with Gasteiger partial charge in [0.15, 0.2) is 0 Å². The minimum Gasteiger partial charge on any atom is -0.392 e. The van der Waals surface area contributed by atoms with Crippen molar-refractivity contribution in [2.24, 2.45) is 11.8 Å². The molecule has 1 aliphatic carbocycles. The molecule has 3 aliphatic rings. The molecule has 21 heavy (non-hydrogen) atoms. The number of hydrogen-bond donors (Lipinski definition) is 1. The van der Waals surface area contributed by atoms with E-state index in [1.807, 2.05) is 6.08 Å². The van der Waals surface area contributed by atoms with Crippen LogP contribution >= 0.6 is 47.8 Å². The van der Waals surface area contributed by atoms with E-state index in [-0.39, 0.29) is 40.2 Å². The van der Waals surface area contributed by atoms with Gasteiger partial charge in [0.1, 0.15) is 0 Å². The molecule has 1 unspecified atom stereocenters. The molecule has 2 saturated heterocycles. The predicted octanol–water partition coefficient (Wildman–Crippen LogP) is 3.52. The van der Waals surface area contributed by atoms with E-state index in [1.165, 1.54) is 0 Å². The topological polar surface area (TPSA) is 38.7 Å². The van der Waals surface area contributed by atoms with E-state index in [2.05, 4.69) is 60.4 Å². The van der Waals surface area contributed by atoms with Crippen LogP contribution < -0.4 is 0 Å². The highest BCUT2D eigenvalue weighted by Gasteiger charge is 2.56. The maximum absolute atomic E-state index is 10.6. The van der Waals surface area contributed by atoms with Gasteiger partial charge in [-0.25, -0.2) is 0 Å². The Labute approximate surface area is 150 Å². The monoisotopic (exact) mass is 484 g/mol. The average molecular weight is 487 g/mol. The molecule has 0 radical (unpaired) electrons. The van der Waals surface area contributed by atoms with Crippen LogP contribution in [0.3, 0.4) is 0 Å². The number of ether oxygens (including phenoxy) is 2. The molecular formula is C15H19Br3O3. The van der Waals surface area contributed by atoms with Crippen LogP contribution in [0.15, 0.2) is 16.8 Å². The summed E-state index contributed by atoms with van der Waals surface area (Å²) in [5.41, 5.74) is 3.01. The number of aliphatic hydroxyl groups is 1. The quantitative estimate of drug-likeness (QED) is 0.479. The lowest BCUT2D eigenvalue weighted by Gasteiger charge is -2.34. The molecule has 1 N–H and O–H groups in total. The lowest BCUT2D eigenvalue weighted by atomic mass is 9.97. The van der Waals surface area contributed by atoms with Crippen molar-refractivity contribution in [1.82, 2.24) is 0 Å². The Balaban J connectivity index is 1.80. The van der Waals surface area contributed by atoms with Crippen LogP contribution in [-0.2, 0) is 9.47 Å². The van der Waals surface area contributed by atoms with Crippen LogP contribution in [0.2, 0.25) is 0 Å². The van der Waals surface area contributed by atoms with Crippen LogP contribution in [0.25, 0.3) is 0 Å². The first-order chi connectivity index (χ1) is 10.0. The van der Waals surface area contributed by atoms with Crippen LogP contribution in [0.4, 0.5) is 0 Å². The molecule has 3 nitrogen and oxygen atoms in total. The molecule has 3 fully saturated rings. The summed E-state index contributed by atoms with van der Waals surface area (Å²) in [4.78, 5) is 1.90. The third kappa shape index (κ3) is 3.37. The van der Waals surface area contributed by atoms with Gasteiger partial charge in [0, 0.05) is 16.2 Å². The second kappa shape index (κ2) is 6.76. The molecule has 0 spiro atoms. The summed E-state index contributed by atoms with van der Waals surface area (Å²) in [6.07, 6.45) is 3.41. The van der Waals surface area contributed by atoms with Crippen molar-refractivity contribution >= 4 is 47.8 Å². The minimum absolute atomic E-state index is 0.00829. The Morgan fingerprint density at radius 2 is 2.05 bits per heavy atom. The molecule has 0 aromatic rings. The zero-order valence-electron chi connectivity index (χ0n) is 11.7. The summed E-state index contributed by atoms with van der Waals surface area (Å²) in [6, 6.07) is 0. The van der Waals surface area contributed by atoms with Crippen molar-refractivity contribution in [3.05, 3.63) is 16.8 Å². The van der Waals surface area contributed by atoms with Gasteiger partial charge in [-0.15, -0.1) is 5.73 Å². The van der Waals surface area contributed by atoms with E-state index in [9.17, 15) is 5.11 Å². The molecule has 2 aliphatic heterocycles. The Bertz CT molecular complexity index is 449. The molecule has 0 aromatic carbocycles. The molecule has 1 saturated carbocycles. The summed E-state index contributed by atoms with van der Waals surface area (Å²) in [7, 11) is 0. The highest BCUT2D eigenvalue weighted by Crippen LogP contribution is 2.52. The fraction of sp³-hybridized carbons (Fsp3) is 0.800. The second-order valence-electron chi connectivity index (χ2n) is 6.13. The molecule has 0 amide bonds. The molecule has 0 aromatic heterocycles. The SMILES string of the molecule is C[C@H](Br)[C@@H]1O[C@@H]2CC(C=C=CBr)O[C@@H]2[C@@H](Br)[C@@H](O)[C@H]2C[C@H]21. The number of rotatable bonds is 2. The number of alkyl halides is 2. The third-order valence-electron chi connectivity index (χ3n) is 4.68. The Morgan fingerprint density at radius 1 is 1.29 bits per heavy atom. The molecule has 0 bridgehead atoms. The van der Waals surface area contributed by atoms with E-state index >= 15 is 0 Å². The zero-order valence-corrected chi connectivity index (χ0v) is 16.4. The van der Waals surface area contributed by atoms with Gasteiger partial charge in [-0.3, -0.25) is 0 Å². The van der Waals surface area contributed by atoms with E-state index < -0.39 is 0 Å². The fourth-order valence-corrected chi connectivity index (χ4v) is 5.09. The first-order valence-corrected chi connectivity index (χ1v) is 10.1. The summed E-state index contributed by atoms with van der Waals surface area (Å²) >= 11 is 10.5. The smallest absolute Gasteiger partial charge is 0.0996 e.